The van der Waals surface area contributed by atoms with Gasteiger partial charge in [-0.3, -0.25) is 0 Å². The molecule has 1 saturated carbocycles. The van der Waals surface area contributed by atoms with Crippen LogP contribution in [0, 0.1) is 0 Å². The molecule has 1 aromatic heterocycles. The van der Waals surface area contributed by atoms with Crippen molar-refractivity contribution in [2.75, 3.05) is 12.4 Å². The Hall–Kier alpha value is -1.42. The summed E-state index contributed by atoms with van der Waals surface area (Å²) >= 11 is 3.63. The maximum absolute atomic E-state index is 4.89. The lowest BCUT2D eigenvalue weighted by Crippen LogP contribution is -2.17. The Labute approximate surface area is 134 Å². The number of hydrogen-bond acceptors (Lipinski definition) is 3. The van der Waals surface area contributed by atoms with Gasteiger partial charge < -0.3 is 5.32 Å². The highest BCUT2D eigenvalue weighted by Crippen LogP contribution is 2.52. The lowest BCUT2D eigenvalue weighted by atomic mass is 9.94. The predicted molar refractivity (Wildman–Crippen MR) is 89.8 cm³/mol. The zero-order valence-electron chi connectivity index (χ0n) is 12.7. The molecule has 4 heteroatoms. The maximum atomic E-state index is 4.89. The van der Waals surface area contributed by atoms with Crippen molar-refractivity contribution in [3.8, 4) is 0 Å². The SMILES string of the molecule is CNc1nc(C2(c3ccccc3)CC2)nc(C(C)C)c1Br. The van der Waals surface area contributed by atoms with Crippen LogP contribution < -0.4 is 5.32 Å². The van der Waals surface area contributed by atoms with E-state index in [9.17, 15) is 0 Å². The van der Waals surface area contributed by atoms with Gasteiger partial charge in [0.2, 0.25) is 0 Å². The van der Waals surface area contributed by atoms with Crippen molar-refractivity contribution >= 4 is 21.7 Å². The Morgan fingerprint density at radius 1 is 1.14 bits per heavy atom. The molecule has 21 heavy (non-hydrogen) atoms. The molecule has 0 unspecified atom stereocenters. The molecule has 0 amide bonds. The Morgan fingerprint density at radius 2 is 1.81 bits per heavy atom. The van der Waals surface area contributed by atoms with Crippen LogP contribution in [0.4, 0.5) is 5.82 Å². The van der Waals surface area contributed by atoms with Crippen LogP contribution in [0.5, 0.6) is 0 Å². The molecule has 1 N–H and O–H groups in total. The molecule has 3 rings (SSSR count). The predicted octanol–water partition coefficient (Wildman–Crippen LogP) is 4.48. The Bertz CT molecular complexity index is 649. The average molecular weight is 346 g/mol. The Morgan fingerprint density at radius 3 is 2.33 bits per heavy atom. The quantitative estimate of drug-likeness (QED) is 0.887. The summed E-state index contributed by atoms with van der Waals surface area (Å²) in [6, 6.07) is 10.6. The van der Waals surface area contributed by atoms with Crippen LogP contribution in [-0.4, -0.2) is 17.0 Å². The number of hydrogen-bond donors (Lipinski definition) is 1. The number of rotatable bonds is 4. The van der Waals surface area contributed by atoms with Crippen LogP contribution >= 0.6 is 15.9 Å². The van der Waals surface area contributed by atoms with Gasteiger partial charge in [-0.25, -0.2) is 9.97 Å². The van der Waals surface area contributed by atoms with Crippen LogP contribution in [0.15, 0.2) is 34.8 Å². The van der Waals surface area contributed by atoms with E-state index in [0.717, 1.165) is 34.7 Å². The number of anilines is 1. The Balaban J connectivity index is 2.13. The summed E-state index contributed by atoms with van der Waals surface area (Å²) < 4.78 is 0.979. The van der Waals surface area contributed by atoms with E-state index in [4.69, 9.17) is 9.97 Å². The normalized spacial score (nSPS) is 16.0. The number of nitrogens with zero attached hydrogens (tertiary/aromatic N) is 2. The average Bonchev–Trinajstić information content (AvgIpc) is 3.30. The first kappa shape index (κ1) is 14.5. The van der Waals surface area contributed by atoms with E-state index >= 15 is 0 Å². The fraction of sp³-hybridized carbons (Fsp3) is 0.412. The smallest absolute Gasteiger partial charge is 0.144 e. The van der Waals surface area contributed by atoms with Gasteiger partial charge in [0.05, 0.1) is 15.6 Å². The molecule has 0 aliphatic heterocycles. The van der Waals surface area contributed by atoms with Crippen molar-refractivity contribution in [1.29, 1.82) is 0 Å². The summed E-state index contributed by atoms with van der Waals surface area (Å²) in [4.78, 5) is 9.67. The van der Waals surface area contributed by atoms with Crippen LogP contribution in [0.2, 0.25) is 0 Å². The minimum atomic E-state index is 0.0111. The second-order valence-electron chi connectivity index (χ2n) is 5.95. The van der Waals surface area contributed by atoms with Crippen LogP contribution in [0.1, 0.15) is 49.7 Å². The van der Waals surface area contributed by atoms with Crippen molar-refractivity contribution in [1.82, 2.24) is 9.97 Å². The lowest BCUT2D eigenvalue weighted by molar-refractivity contribution is 0.713. The van der Waals surface area contributed by atoms with Gasteiger partial charge in [-0.15, -0.1) is 0 Å². The number of benzene rings is 1. The molecular formula is C17H20BrN3. The summed E-state index contributed by atoms with van der Waals surface area (Å²) in [5.74, 6) is 2.19. The molecule has 0 spiro atoms. The van der Waals surface area contributed by atoms with E-state index in [-0.39, 0.29) is 5.41 Å². The number of halogens is 1. The third kappa shape index (κ3) is 2.46. The third-order valence-electron chi connectivity index (χ3n) is 4.16. The fourth-order valence-electron chi connectivity index (χ4n) is 2.75. The maximum Gasteiger partial charge on any atom is 0.144 e. The molecule has 2 aromatic rings. The largest absolute Gasteiger partial charge is 0.372 e. The van der Waals surface area contributed by atoms with Crippen molar-refractivity contribution in [2.45, 2.75) is 38.0 Å². The van der Waals surface area contributed by atoms with Gasteiger partial charge in [0.1, 0.15) is 11.6 Å². The highest BCUT2D eigenvalue weighted by atomic mass is 79.9. The van der Waals surface area contributed by atoms with E-state index in [0.29, 0.717) is 5.92 Å². The highest BCUT2D eigenvalue weighted by molar-refractivity contribution is 9.10. The summed E-state index contributed by atoms with van der Waals surface area (Å²) in [6.45, 7) is 4.33. The zero-order chi connectivity index (χ0) is 15.0. The summed E-state index contributed by atoms with van der Waals surface area (Å²) in [5.41, 5.74) is 2.41. The van der Waals surface area contributed by atoms with Crippen molar-refractivity contribution in [2.24, 2.45) is 0 Å². The van der Waals surface area contributed by atoms with Gasteiger partial charge in [0.25, 0.3) is 0 Å². The number of aromatic nitrogens is 2. The summed E-state index contributed by atoms with van der Waals surface area (Å²) in [7, 11) is 1.91. The van der Waals surface area contributed by atoms with Crippen LogP contribution in [0.3, 0.4) is 0 Å². The number of nitrogens with one attached hydrogen (secondary N) is 1. The molecular weight excluding hydrogens is 326 g/mol. The van der Waals surface area contributed by atoms with Gasteiger partial charge in [-0.1, -0.05) is 44.2 Å². The van der Waals surface area contributed by atoms with Crippen molar-refractivity contribution < 1.29 is 0 Å². The molecule has 1 aliphatic rings. The van der Waals surface area contributed by atoms with E-state index < -0.39 is 0 Å². The minimum absolute atomic E-state index is 0.0111. The highest BCUT2D eigenvalue weighted by Gasteiger charge is 2.49. The monoisotopic (exact) mass is 345 g/mol. The van der Waals surface area contributed by atoms with Gasteiger partial charge in [0, 0.05) is 7.05 Å². The minimum Gasteiger partial charge on any atom is -0.372 e. The van der Waals surface area contributed by atoms with Gasteiger partial charge in [-0.05, 0) is 40.3 Å². The first-order valence-electron chi connectivity index (χ1n) is 7.39. The fourth-order valence-corrected chi connectivity index (χ4v) is 3.58. The zero-order valence-corrected chi connectivity index (χ0v) is 14.2. The van der Waals surface area contributed by atoms with Gasteiger partial charge in [-0.2, -0.15) is 0 Å². The molecule has 1 aliphatic carbocycles. The second-order valence-corrected chi connectivity index (χ2v) is 6.74. The van der Waals surface area contributed by atoms with E-state index in [1.165, 1.54) is 5.56 Å². The van der Waals surface area contributed by atoms with E-state index in [1.807, 2.05) is 7.05 Å². The summed E-state index contributed by atoms with van der Waals surface area (Å²) in [6.07, 6.45) is 2.25. The summed E-state index contributed by atoms with van der Waals surface area (Å²) in [5, 5.41) is 3.18. The first-order chi connectivity index (χ1) is 10.1. The van der Waals surface area contributed by atoms with Crippen LogP contribution in [-0.2, 0) is 5.41 Å². The topological polar surface area (TPSA) is 37.8 Å². The molecule has 1 aromatic carbocycles. The lowest BCUT2D eigenvalue weighted by Gasteiger charge is -2.19. The van der Waals surface area contributed by atoms with Crippen LogP contribution in [0.25, 0.3) is 0 Å². The van der Waals surface area contributed by atoms with Crippen molar-refractivity contribution in [3.63, 3.8) is 0 Å². The van der Waals surface area contributed by atoms with Crippen molar-refractivity contribution in [3.05, 3.63) is 51.9 Å². The molecule has 0 bridgehead atoms. The first-order valence-corrected chi connectivity index (χ1v) is 8.19. The third-order valence-corrected chi connectivity index (χ3v) is 4.95. The molecule has 1 fully saturated rings. The molecule has 0 radical (unpaired) electrons. The van der Waals surface area contributed by atoms with E-state index in [2.05, 4.69) is 65.4 Å². The molecule has 0 saturated heterocycles. The Kier molecular flexibility index (Phi) is 3.74. The molecule has 0 atom stereocenters. The molecule has 3 nitrogen and oxygen atoms in total. The van der Waals surface area contributed by atoms with E-state index in [1.54, 1.807) is 0 Å². The molecule has 1 heterocycles. The second kappa shape index (κ2) is 5.41. The molecule has 110 valence electrons. The standard InChI is InChI=1S/C17H20BrN3/c1-11(2)14-13(18)15(19-3)21-16(20-14)17(9-10-17)12-7-5-4-6-8-12/h4-8,11H,9-10H2,1-3H3,(H,19,20,21). The van der Waals surface area contributed by atoms with Gasteiger partial charge in [0.15, 0.2) is 0 Å². The van der Waals surface area contributed by atoms with Gasteiger partial charge >= 0.3 is 0 Å².